The first-order chi connectivity index (χ1) is 16.7. The molecule has 1 aliphatic heterocycles. The van der Waals surface area contributed by atoms with Gasteiger partial charge in [0.15, 0.2) is 23.2 Å². The van der Waals surface area contributed by atoms with Crippen LogP contribution in [0.3, 0.4) is 0 Å². The minimum atomic E-state index is -4.38. The van der Waals surface area contributed by atoms with Crippen molar-refractivity contribution in [2.24, 2.45) is 0 Å². The Bertz CT molecular complexity index is 1220. The van der Waals surface area contributed by atoms with Crippen molar-refractivity contribution in [3.05, 3.63) is 41.4 Å². The van der Waals surface area contributed by atoms with Crippen molar-refractivity contribution in [3.63, 3.8) is 0 Å². The van der Waals surface area contributed by atoms with Gasteiger partial charge in [0.25, 0.3) is 0 Å². The summed E-state index contributed by atoms with van der Waals surface area (Å²) in [5.74, 6) is 1.15. The number of nitrogens with one attached hydrogen (secondary N) is 1. The van der Waals surface area contributed by atoms with Gasteiger partial charge in [0.1, 0.15) is 30.4 Å². The maximum atomic E-state index is 11.0. The van der Waals surface area contributed by atoms with Gasteiger partial charge in [-0.25, -0.2) is 4.98 Å². The second kappa shape index (κ2) is 10.7. The summed E-state index contributed by atoms with van der Waals surface area (Å²) in [7, 11) is -2.77. The summed E-state index contributed by atoms with van der Waals surface area (Å²) in [6.07, 6.45) is -3.69. The monoisotopic (exact) mass is 529 g/mol. The second-order valence-electron chi connectivity index (χ2n) is 7.86. The Balaban J connectivity index is 1.49. The smallest absolute Gasteiger partial charge is 0.350 e. The van der Waals surface area contributed by atoms with Crippen LogP contribution in [0, 0.1) is 0 Å². The standard InChI is InChI=1S/C20H25ClN5O8P/c1-32-12-5-3-2-4-11(12)6-7-22-17-14-18(25-20(21)24-17)26(9-23-14)19-16(28)15(27)13(34-19)8-33-10-35(29,30)31/h2-5,9,13,15-16,19,27-28H,6-8,10H2,1H3,(H,22,24,25)(H2,29,30,31)/t13-,15-,16-,19-/m1/s1. The molecule has 35 heavy (non-hydrogen) atoms. The van der Waals surface area contributed by atoms with Crippen LogP contribution in [0.1, 0.15) is 11.8 Å². The van der Waals surface area contributed by atoms with Gasteiger partial charge < -0.3 is 39.5 Å². The SMILES string of the molecule is COc1ccccc1CCNc1nc(Cl)nc2c1ncn2[C@@H]1O[C@H](COCP(=O)(O)O)[C@@H](O)[C@H]1O. The van der Waals surface area contributed by atoms with E-state index in [2.05, 4.69) is 20.3 Å². The van der Waals surface area contributed by atoms with E-state index in [9.17, 15) is 14.8 Å². The zero-order valence-electron chi connectivity index (χ0n) is 18.6. The van der Waals surface area contributed by atoms with Crippen molar-refractivity contribution in [2.45, 2.75) is 31.0 Å². The van der Waals surface area contributed by atoms with Gasteiger partial charge in [0, 0.05) is 6.54 Å². The maximum Gasteiger partial charge on any atom is 0.350 e. The molecular weight excluding hydrogens is 505 g/mol. The summed E-state index contributed by atoms with van der Waals surface area (Å²) in [4.78, 5) is 30.6. The van der Waals surface area contributed by atoms with Crippen LogP contribution < -0.4 is 10.1 Å². The van der Waals surface area contributed by atoms with Crippen molar-refractivity contribution in [1.82, 2.24) is 19.5 Å². The molecule has 0 aliphatic carbocycles. The fraction of sp³-hybridized carbons (Fsp3) is 0.450. The number of aromatic nitrogens is 4. The number of imidazole rings is 1. The number of fused-ring (bicyclic) bond motifs is 1. The highest BCUT2D eigenvalue weighted by atomic mass is 35.5. The lowest BCUT2D eigenvalue weighted by atomic mass is 10.1. The van der Waals surface area contributed by atoms with Gasteiger partial charge in [-0.05, 0) is 29.7 Å². The van der Waals surface area contributed by atoms with Gasteiger partial charge >= 0.3 is 7.60 Å². The molecule has 4 rings (SSSR count). The molecule has 1 aromatic carbocycles. The number of nitrogens with zero attached hydrogens (tertiary/aromatic N) is 4. The first kappa shape index (κ1) is 25.7. The first-order valence-electron chi connectivity index (χ1n) is 10.6. The summed E-state index contributed by atoms with van der Waals surface area (Å²) in [5.41, 5.74) is 1.65. The van der Waals surface area contributed by atoms with Crippen LogP contribution in [0.2, 0.25) is 5.28 Å². The van der Waals surface area contributed by atoms with Gasteiger partial charge in [0.2, 0.25) is 5.28 Å². The number of hydrogen-bond acceptors (Lipinski definition) is 10. The maximum absolute atomic E-state index is 11.0. The average molecular weight is 530 g/mol. The van der Waals surface area contributed by atoms with Crippen LogP contribution in [0.15, 0.2) is 30.6 Å². The van der Waals surface area contributed by atoms with E-state index < -0.39 is 38.5 Å². The number of rotatable bonds is 10. The third kappa shape index (κ3) is 5.90. The third-order valence-corrected chi connectivity index (χ3v) is 6.11. The highest BCUT2D eigenvalue weighted by molar-refractivity contribution is 7.51. The van der Waals surface area contributed by atoms with Crippen LogP contribution >= 0.6 is 19.2 Å². The fourth-order valence-electron chi connectivity index (χ4n) is 3.81. The highest BCUT2D eigenvalue weighted by Crippen LogP contribution is 2.36. The Labute approximate surface area is 204 Å². The van der Waals surface area contributed by atoms with Crippen LogP contribution in [0.25, 0.3) is 11.2 Å². The number of ether oxygens (including phenoxy) is 3. The lowest BCUT2D eigenvalue weighted by molar-refractivity contribution is -0.0612. The van der Waals surface area contributed by atoms with Gasteiger partial charge in [0.05, 0.1) is 20.0 Å². The molecule has 190 valence electrons. The number of hydrogen-bond donors (Lipinski definition) is 5. The van der Waals surface area contributed by atoms with Gasteiger partial charge in [-0.2, -0.15) is 9.97 Å². The number of anilines is 1. The van der Waals surface area contributed by atoms with Crippen molar-refractivity contribution in [1.29, 1.82) is 0 Å². The molecule has 1 fully saturated rings. The molecule has 5 N–H and O–H groups in total. The van der Waals surface area contributed by atoms with Crippen LogP contribution in [0.4, 0.5) is 5.82 Å². The fourth-order valence-corrected chi connectivity index (χ4v) is 4.32. The molecule has 0 saturated carbocycles. The molecule has 1 saturated heterocycles. The molecule has 15 heteroatoms. The summed E-state index contributed by atoms with van der Waals surface area (Å²) in [6.45, 7) is 0.161. The number of aliphatic hydroxyl groups excluding tert-OH is 2. The Morgan fingerprint density at radius 1 is 1.23 bits per heavy atom. The van der Waals surface area contributed by atoms with E-state index in [4.69, 9.17) is 35.6 Å². The lowest BCUT2D eigenvalue weighted by Crippen LogP contribution is -2.33. The van der Waals surface area contributed by atoms with Crippen molar-refractivity contribution in [3.8, 4) is 5.75 Å². The van der Waals surface area contributed by atoms with Gasteiger partial charge in [-0.3, -0.25) is 9.13 Å². The molecule has 4 atom stereocenters. The predicted octanol–water partition coefficient (Wildman–Crippen LogP) is 0.914. The Morgan fingerprint density at radius 2 is 2.00 bits per heavy atom. The molecule has 0 amide bonds. The van der Waals surface area contributed by atoms with E-state index in [0.717, 1.165) is 11.3 Å². The summed E-state index contributed by atoms with van der Waals surface area (Å²) >= 11 is 6.14. The van der Waals surface area contributed by atoms with Gasteiger partial charge in [-0.1, -0.05) is 18.2 Å². The second-order valence-corrected chi connectivity index (χ2v) is 9.79. The molecule has 1 aliphatic rings. The summed E-state index contributed by atoms with van der Waals surface area (Å²) < 4.78 is 28.4. The minimum Gasteiger partial charge on any atom is -0.496 e. The molecule has 2 aromatic heterocycles. The van der Waals surface area contributed by atoms with Crippen LogP contribution in [0.5, 0.6) is 5.75 Å². The molecule has 0 bridgehead atoms. The lowest BCUT2D eigenvalue weighted by Gasteiger charge is -2.17. The minimum absolute atomic E-state index is 0.0615. The molecule has 13 nitrogen and oxygen atoms in total. The number of para-hydroxylation sites is 1. The van der Waals surface area contributed by atoms with E-state index in [1.54, 1.807) is 7.11 Å². The summed E-state index contributed by atoms with van der Waals surface area (Å²) in [6, 6.07) is 7.65. The van der Waals surface area contributed by atoms with E-state index in [0.29, 0.717) is 24.3 Å². The van der Waals surface area contributed by atoms with Crippen LogP contribution in [-0.4, -0.2) is 84.4 Å². The quantitative estimate of drug-likeness (QED) is 0.185. The zero-order valence-corrected chi connectivity index (χ0v) is 20.2. The Morgan fingerprint density at radius 3 is 2.74 bits per heavy atom. The normalized spacial score (nSPS) is 22.6. The third-order valence-electron chi connectivity index (χ3n) is 5.43. The van der Waals surface area contributed by atoms with Crippen LogP contribution in [-0.2, 0) is 20.5 Å². The van der Waals surface area contributed by atoms with Crippen molar-refractivity contribution < 1.29 is 38.8 Å². The first-order valence-corrected chi connectivity index (χ1v) is 12.7. The molecule has 0 spiro atoms. The largest absolute Gasteiger partial charge is 0.496 e. The van der Waals surface area contributed by atoms with Crippen molar-refractivity contribution >= 4 is 36.2 Å². The van der Waals surface area contributed by atoms with E-state index in [1.165, 1.54) is 10.9 Å². The Hall–Kier alpha value is -2.35. The zero-order chi connectivity index (χ0) is 25.2. The molecule has 0 radical (unpaired) electrons. The van der Waals surface area contributed by atoms with E-state index in [-0.39, 0.29) is 17.5 Å². The summed E-state index contributed by atoms with van der Waals surface area (Å²) in [5, 5.41) is 24.0. The average Bonchev–Trinajstić information content (AvgIpc) is 3.34. The molecule has 3 aromatic rings. The van der Waals surface area contributed by atoms with E-state index >= 15 is 0 Å². The highest BCUT2D eigenvalue weighted by Gasteiger charge is 2.44. The molecule has 3 heterocycles. The number of aliphatic hydroxyl groups is 2. The molecule has 0 unspecified atom stereocenters. The van der Waals surface area contributed by atoms with Crippen molar-refractivity contribution in [2.75, 3.05) is 31.9 Å². The number of halogens is 1. The predicted molar refractivity (Wildman–Crippen MR) is 124 cm³/mol. The van der Waals surface area contributed by atoms with Gasteiger partial charge in [-0.15, -0.1) is 0 Å². The number of methoxy groups -OCH3 is 1. The Kier molecular flexibility index (Phi) is 7.89. The molecular formula is C20H25ClN5O8P. The number of benzene rings is 1. The van der Waals surface area contributed by atoms with E-state index in [1.807, 2.05) is 24.3 Å². The topological polar surface area (TPSA) is 181 Å².